The zero-order valence-electron chi connectivity index (χ0n) is 11.9. The molecule has 4 nitrogen and oxygen atoms in total. The van der Waals surface area contributed by atoms with Crippen LogP contribution in [0.3, 0.4) is 0 Å². The highest BCUT2D eigenvalue weighted by Gasteiger charge is 2.22. The monoisotopic (exact) mass is 271 g/mol. The maximum Gasteiger partial charge on any atom is 0.253 e. The van der Waals surface area contributed by atoms with Crippen molar-refractivity contribution in [2.45, 2.75) is 45.1 Å². The summed E-state index contributed by atoms with van der Waals surface area (Å²) < 4.78 is 0. The molecule has 0 saturated heterocycles. The zero-order valence-corrected chi connectivity index (χ0v) is 11.9. The lowest BCUT2D eigenvalue weighted by Gasteiger charge is -2.28. The number of hydrogen-bond donors (Lipinski definition) is 2. The molecule has 4 heteroatoms. The minimum atomic E-state index is -0.00192. The van der Waals surface area contributed by atoms with E-state index in [4.69, 9.17) is 0 Å². The fourth-order valence-electron chi connectivity index (χ4n) is 3.19. The number of H-pyrrole nitrogens is 1. The number of aromatic nitrogens is 2. The first kappa shape index (κ1) is 13.2. The molecule has 1 aliphatic carbocycles. The molecule has 1 amide bonds. The van der Waals surface area contributed by atoms with Crippen molar-refractivity contribution in [2.24, 2.45) is 5.92 Å². The molecule has 1 saturated carbocycles. The maximum atomic E-state index is 12.5. The molecule has 2 N–H and O–H groups in total. The van der Waals surface area contributed by atoms with Gasteiger partial charge in [-0.2, -0.15) is 5.10 Å². The molecule has 0 bridgehead atoms. The van der Waals surface area contributed by atoms with Crippen LogP contribution >= 0.6 is 0 Å². The molecule has 1 aliphatic rings. The maximum absolute atomic E-state index is 12.5. The van der Waals surface area contributed by atoms with Crippen LogP contribution in [0.15, 0.2) is 24.4 Å². The third kappa shape index (κ3) is 2.55. The van der Waals surface area contributed by atoms with E-state index < -0.39 is 0 Å². The molecule has 1 atom stereocenters. The number of carbonyl (C=O) groups excluding carboxylic acids is 1. The molecule has 0 unspecified atom stereocenters. The van der Waals surface area contributed by atoms with Gasteiger partial charge in [0.15, 0.2) is 0 Å². The fraction of sp³-hybridized carbons (Fsp3) is 0.500. The van der Waals surface area contributed by atoms with Gasteiger partial charge in [-0.05, 0) is 31.7 Å². The number of rotatable bonds is 3. The molecule has 20 heavy (non-hydrogen) atoms. The van der Waals surface area contributed by atoms with Gasteiger partial charge in [-0.3, -0.25) is 9.89 Å². The molecule has 1 fully saturated rings. The van der Waals surface area contributed by atoms with E-state index in [1.54, 1.807) is 6.20 Å². The Morgan fingerprint density at radius 2 is 2.15 bits per heavy atom. The van der Waals surface area contributed by atoms with Crippen molar-refractivity contribution in [1.29, 1.82) is 0 Å². The molecule has 0 radical (unpaired) electrons. The molecular formula is C16H21N3O. The van der Waals surface area contributed by atoms with Gasteiger partial charge in [0.1, 0.15) is 0 Å². The van der Waals surface area contributed by atoms with E-state index in [1.165, 1.54) is 32.1 Å². The average Bonchev–Trinajstić information content (AvgIpc) is 2.96. The first-order chi connectivity index (χ1) is 9.75. The molecule has 1 aromatic heterocycles. The van der Waals surface area contributed by atoms with E-state index in [-0.39, 0.29) is 11.9 Å². The number of para-hydroxylation sites is 1. The number of amides is 1. The first-order valence-corrected chi connectivity index (χ1v) is 7.48. The van der Waals surface area contributed by atoms with E-state index in [0.29, 0.717) is 11.5 Å². The lowest BCUT2D eigenvalue weighted by atomic mass is 9.84. The number of fused-ring (bicyclic) bond motifs is 1. The van der Waals surface area contributed by atoms with Crippen LogP contribution in [0, 0.1) is 5.92 Å². The Kier molecular flexibility index (Phi) is 3.72. The van der Waals surface area contributed by atoms with E-state index >= 15 is 0 Å². The highest BCUT2D eigenvalue weighted by molar-refractivity contribution is 6.05. The summed E-state index contributed by atoms with van der Waals surface area (Å²) in [5, 5.41) is 11.1. The highest BCUT2D eigenvalue weighted by atomic mass is 16.1. The summed E-state index contributed by atoms with van der Waals surface area (Å²) in [5.74, 6) is 0.617. The van der Waals surface area contributed by atoms with E-state index in [2.05, 4.69) is 22.4 Å². The molecule has 0 spiro atoms. The van der Waals surface area contributed by atoms with E-state index in [1.807, 2.05) is 18.2 Å². The molecule has 1 heterocycles. The third-order valence-corrected chi connectivity index (χ3v) is 4.44. The number of benzene rings is 1. The second-order valence-corrected chi connectivity index (χ2v) is 5.80. The minimum Gasteiger partial charge on any atom is -0.349 e. The molecule has 1 aromatic carbocycles. The topological polar surface area (TPSA) is 57.8 Å². The van der Waals surface area contributed by atoms with Gasteiger partial charge >= 0.3 is 0 Å². The summed E-state index contributed by atoms with van der Waals surface area (Å²) in [4.78, 5) is 12.5. The van der Waals surface area contributed by atoms with Crippen LogP contribution in [0.1, 0.15) is 49.4 Å². The highest BCUT2D eigenvalue weighted by Crippen LogP contribution is 2.26. The number of hydrogen-bond acceptors (Lipinski definition) is 2. The van der Waals surface area contributed by atoms with Crippen molar-refractivity contribution in [3.63, 3.8) is 0 Å². The Labute approximate surface area is 119 Å². The molecular weight excluding hydrogens is 250 g/mol. The van der Waals surface area contributed by atoms with Gasteiger partial charge in [0, 0.05) is 11.4 Å². The summed E-state index contributed by atoms with van der Waals surface area (Å²) in [6, 6.07) is 5.95. The quantitative estimate of drug-likeness (QED) is 0.900. The Morgan fingerprint density at radius 3 is 2.95 bits per heavy atom. The summed E-state index contributed by atoms with van der Waals surface area (Å²) in [5.41, 5.74) is 1.50. The van der Waals surface area contributed by atoms with Gasteiger partial charge in [-0.25, -0.2) is 0 Å². The van der Waals surface area contributed by atoms with Gasteiger partial charge in [-0.1, -0.05) is 31.4 Å². The Hall–Kier alpha value is -1.84. The normalized spacial score (nSPS) is 18.1. The molecule has 106 valence electrons. The lowest BCUT2D eigenvalue weighted by Crippen LogP contribution is -2.38. The second kappa shape index (κ2) is 5.65. The van der Waals surface area contributed by atoms with Crippen LogP contribution in [-0.2, 0) is 0 Å². The average molecular weight is 271 g/mol. The van der Waals surface area contributed by atoms with Crippen molar-refractivity contribution < 1.29 is 4.79 Å². The Balaban J connectivity index is 1.74. The number of aromatic amines is 1. The smallest absolute Gasteiger partial charge is 0.253 e. The number of carbonyl (C=O) groups is 1. The predicted molar refractivity (Wildman–Crippen MR) is 79.6 cm³/mol. The number of nitrogens with one attached hydrogen (secondary N) is 2. The van der Waals surface area contributed by atoms with Crippen LogP contribution in [0.4, 0.5) is 0 Å². The van der Waals surface area contributed by atoms with Gasteiger partial charge in [-0.15, -0.1) is 0 Å². The standard InChI is InChI=1S/C16H21N3O/c1-11(12-6-3-2-4-7-12)18-16(20)14-9-5-8-13-10-17-19-15(13)14/h5,8-12H,2-4,6-7H2,1H3,(H,17,19)(H,18,20)/t11-/m1/s1. The van der Waals surface area contributed by atoms with E-state index in [0.717, 1.165) is 10.9 Å². The van der Waals surface area contributed by atoms with Crippen LogP contribution in [0.5, 0.6) is 0 Å². The predicted octanol–water partition coefficient (Wildman–Crippen LogP) is 3.26. The largest absolute Gasteiger partial charge is 0.349 e. The third-order valence-electron chi connectivity index (χ3n) is 4.44. The summed E-state index contributed by atoms with van der Waals surface area (Å²) >= 11 is 0. The number of nitrogens with zero attached hydrogens (tertiary/aromatic N) is 1. The van der Waals surface area contributed by atoms with Crippen molar-refractivity contribution >= 4 is 16.8 Å². The van der Waals surface area contributed by atoms with Crippen LogP contribution < -0.4 is 5.32 Å². The van der Waals surface area contributed by atoms with E-state index in [9.17, 15) is 4.79 Å². The van der Waals surface area contributed by atoms with Gasteiger partial charge in [0.2, 0.25) is 0 Å². The molecule has 0 aliphatic heterocycles. The first-order valence-electron chi connectivity index (χ1n) is 7.48. The van der Waals surface area contributed by atoms with Gasteiger partial charge in [0.05, 0.1) is 17.3 Å². The molecule has 2 aromatic rings. The second-order valence-electron chi connectivity index (χ2n) is 5.80. The van der Waals surface area contributed by atoms with Crippen LogP contribution in [0.2, 0.25) is 0 Å². The summed E-state index contributed by atoms with van der Waals surface area (Å²) in [7, 11) is 0. The zero-order chi connectivity index (χ0) is 13.9. The van der Waals surface area contributed by atoms with Crippen molar-refractivity contribution in [3.05, 3.63) is 30.0 Å². The molecule has 3 rings (SSSR count). The lowest BCUT2D eigenvalue weighted by molar-refractivity contribution is 0.0921. The van der Waals surface area contributed by atoms with Crippen molar-refractivity contribution in [2.75, 3.05) is 0 Å². The Morgan fingerprint density at radius 1 is 1.35 bits per heavy atom. The van der Waals surface area contributed by atoms with Gasteiger partial charge in [0.25, 0.3) is 5.91 Å². The van der Waals surface area contributed by atoms with Crippen molar-refractivity contribution in [3.8, 4) is 0 Å². The van der Waals surface area contributed by atoms with Crippen LogP contribution in [-0.4, -0.2) is 22.1 Å². The van der Waals surface area contributed by atoms with Crippen LogP contribution in [0.25, 0.3) is 10.9 Å². The minimum absolute atomic E-state index is 0.00192. The fourth-order valence-corrected chi connectivity index (χ4v) is 3.19. The van der Waals surface area contributed by atoms with Crippen molar-refractivity contribution in [1.82, 2.24) is 15.5 Å². The summed E-state index contributed by atoms with van der Waals surface area (Å²) in [6.07, 6.45) is 8.13. The summed E-state index contributed by atoms with van der Waals surface area (Å²) in [6.45, 7) is 2.13. The SMILES string of the molecule is C[C@@H](NC(=O)c1cccc2cn[nH]c12)C1CCCCC1. The van der Waals surface area contributed by atoms with Gasteiger partial charge < -0.3 is 5.32 Å². The Bertz CT molecular complexity index is 599.